The summed E-state index contributed by atoms with van der Waals surface area (Å²) < 4.78 is 53.5. The van der Waals surface area contributed by atoms with Crippen LogP contribution in [-0.4, -0.2) is 22.8 Å². The SMILES string of the molecule is CONC(=O)c1cc(-c2nn(C)c(C(F)(F)F)c2Cl)c(F)cc1Cl. The molecular weight excluding hydrogens is 377 g/mol. The van der Waals surface area contributed by atoms with Gasteiger partial charge in [0.05, 0.1) is 22.7 Å². The first kappa shape index (κ1) is 18.5. The van der Waals surface area contributed by atoms with Crippen molar-refractivity contribution in [3.63, 3.8) is 0 Å². The lowest BCUT2D eigenvalue weighted by Gasteiger charge is -2.08. The lowest BCUT2D eigenvalue weighted by Crippen LogP contribution is -2.22. The summed E-state index contributed by atoms with van der Waals surface area (Å²) in [6.45, 7) is 0. The van der Waals surface area contributed by atoms with Crippen LogP contribution in [0, 0.1) is 5.82 Å². The second kappa shape index (κ2) is 6.58. The van der Waals surface area contributed by atoms with Crippen LogP contribution in [0.25, 0.3) is 11.3 Å². The third-order valence-electron chi connectivity index (χ3n) is 3.01. The molecular formula is C13H9Cl2F4N3O2. The average molecular weight is 386 g/mol. The molecule has 1 aromatic heterocycles. The molecule has 0 fully saturated rings. The van der Waals surface area contributed by atoms with E-state index in [4.69, 9.17) is 23.2 Å². The topological polar surface area (TPSA) is 56.1 Å². The summed E-state index contributed by atoms with van der Waals surface area (Å²) in [5.41, 5.74) is -0.356. The smallest absolute Gasteiger partial charge is 0.277 e. The van der Waals surface area contributed by atoms with Crippen LogP contribution in [0.3, 0.4) is 0 Å². The molecule has 0 aliphatic heterocycles. The van der Waals surface area contributed by atoms with Crippen LogP contribution >= 0.6 is 23.2 Å². The molecule has 1 N–H and O–H groups in total. The molecule has 0 unspecified atom stereocenters. The van der Waals surface area contributed by atoms with Crippen LogP contribution in [0.15, 0.2) is 12.1 Å². The fraction of sp³-hybridized carbons (Fsp3) is 0.231. The number of carbonyl (C=O) groups excluding carboxylic acids is 1. The standard InChI is InChI=1S/C13H9Cl2F4N3O2/c1-22-11(13(17,18)19)9(15)10(20-22)6-3-5(12(23)21-24-2)7(14)4-8(6)16/h3-4H,1-2H3,(H,21,23). The molecule has 0 radical (unpaired) electrons. The quantitative estimate of drug-likeness (QED) is 0.644. The molecule has 2 rings (SSSR count). The van der Waals surface area contributed by atoms with Crippen molar-refractivity contribution in [3.05, 3.63) is 39.3 Å². The van der Waals surface area contributed by atoms with Gasteiger partial charge in [0.1, 0.15) is 11.5 Å². The Balaban J connectivity index is 2.66. The molecule has 1 heterocycles. The number of hydrogen-bond acceptors (Lipinski definition) is 3. The van der Waals surface area contributed by atoms with Gasteiger partial charge in [0.25, 0.3) is 5.91 Å². The Morgan fingerprint density at radius 1 is 1.33 bits per heavy atom. The van der Waals surface area contributed by atoms with Crippen LogP contribution in [0.5, 0.6) is 0 Å². The summed E-state index contributed by atoms with van der Waals surface area (Å²) in [4.78, 5) is 16.2. The number of carbonyl (C=O) groups is 1. The first-order valence-corrected chi connectivity index (χ1v) is 6.96. The van der Waals surface area contributed by atoms with Gasteiger partial charge in [0.15, 0.2) is 5.69 Å². The van der Waals surface area contributed by atoms with Crippen molar-refractivity contribution in [2.24, 2.45) is 7.05 Å². The van der Waals surface area contributed by atoms with E-state index in [1.54, 1.807) is 0 Å². The van der Waals surface area contributed by atoms with Crippen LogP contribution in [0.1, 0.15) is 16.1 Å². The van der Waals surface area contributed by atoms with E-state index in [0.29, 0.717) is 4.68 Å². The lowest BCUT2D eigenvalue weighted by atomic mass is 10.1. The zero-order valence-corrected chi connectivity index (χ0v) is 13.6. The van der Waals surface area contributed by atoms with Crippen molar-refractivity contribution >= 4 is 29.1 Å². The van der Waals surface area contributed by atoms with Gasteiger partial charge in [-0.05, 0) is 12.1 Å². The fourth-order valence-corrected chi connectivity index (χ4v) is 2.64. The summed E-state index contributed by atoms with van der Waals surface area (Å²) >= 11 is 11.5. The van der Waals surface area contributed by atoms with Gasteiger partial charge in [-0.3, -0.25) is 14.3 Å². The predicted molar refractivity (Wildman–Crippen MR) is 78.1 cm³/mol. The van der Waals surface area contributed by atoms with E-state index in [1.165, 1.54) is 7.11 Å². The Labute approximate surface area is 143 Å². The predicted octanol–water partition coefficient (Wildman–Crippen LogP) is 3.84. The number of rotatable bonds is 3. The normalized spacial score (nSPS) is 11.7. The molecule has 24 heavy (non-hydrogen) atoms. The molecule has 0 bridgehead atoms. The van der Waals surface area contributed by atoms with E-state index in [-0.39, 0.29) is 10.6 Å². The van der Waals surface area contributed by atoms with Crippen LogP contribution in [0.2, 0.25) is 10.0 Å². The van der Waals surface area contributed by atoms with E-state index in [9.17, 15) is 22.4 Å². The Bertz CT molecular complexity index is 805. The van der Waals surface area contributed by atoms with Crippen molar-refractivity contribution in [1.82, 2.24) is 15.3 Å². The molecule has 130 valence electrons. The van der Waals surface area contributed by atoms with Crippen molar-refractivity contribution in [2.45, 2.75) is 6.18 Å². The zero-order chi connectivity index (χ0) is 18.2. The third-order valence-corrected chi connectivity index (χ3v) is 3.68. The van der Waals surface area contributed by atoms with Crippen molar-refractivity contribution in [2.75, 3.05) is 7.11 Å². The van der Waals surface area contributed by atoms with Crippen molar-refractivity contribution < 1.29 is 27.2 Å². The van der Waals surface area contributed by atoms with Gasteiger partial charge in [-0.15, -0.1) is 0 Å². The molecule has 2 aromatic rings. The zero-order valence-electron chi connectivity index (χ0n) is 12.1. The Morgan fingerprint density at radius 2 is 1.96 bits per heavy atom. The number of halogens is 6. The molecule has 0 atom stereocenters. The number of hydroxylamine groups is 1. The largest absolute Gasteiger partial charge is 0.434 e. The highest BCUT2D eigenvalue weighted by molar-refractivity contribution is 6.35. The average Bonchev–Trinajstić information content (AvgIpc) is 2.73. The second-order valence-electron chi connectivity index (χ2n) is 4.58. The van der Waals surface area contributed by atoms with Gasteiger partial charge in [0.2, 0.25) is 0 Å². The summed E-state index contributed by atoms with van der Waals surface area (Å²) in [6.07, 6.45) is -4.78. The summed E-state index contributed by atoms with van der Waals surface area (Å²) in [6, 6.07) is 1.72. The maximum absolute atomic E-state index is 14.1. The van der Waals surface area contributed by atoms with Crippen molar-refractivity contribution in [3.8, 4) is 11.3 Å². The number of aryl methyl sites for hydroxylation is 1. The number of amides is 1. The highest BCUT2D eigenvalue weighted by Crippen LogP contribution is 2.40. The van der Waals surface area contributed by atoms with Gasteiger partial charge in [-0.25, -0.2) is 9.87 Å². The lowest BCUT2D eigenvalue weighted by molar-refractivity contribution is -0.143. The molecule has 0 aliphatic carbocycles. The minimum atomic E-state index is -4.78. The van der Waals surface area contributed by atoms with E-state index in [0.717, 1.165) is 19.2 Å². The number of benzene rings is 1. The highest BCUT2D eigenvalue weighted by atomic mass is 35.5. The molecule has 0 spiro atoms. The van der Waals surface area contributed by atoms with Gasteiger partial charge < -0.3 is 0 Å². The molecule has 0 aliphatic rings. The van der Waals surface area contributed by atoms with Crippen LogP contribution in [-0.2, 0) is 18.1 Å². The number of alkyl halides is 3. The summed E-state index contributed by atoms with van der Waals surface area (Å²) in [7, 11) is 2.19. The molecule has 0 saturated carbocycles. The monoisotopic (exact) mass is 385 g/mol. The molecule has 0 saturated heterocycles. The molecule has 1 aromatic carbocycles. The van der Waals surface area contributed by atoms with E-state index in [1.807, 2.05) is 5.48 Å². The Hall–Kier alpha value is -1.84. The molecule has 11 heteroatoms. The Morgan fingerprint density at radius 3 is 2.46 bits per heavy atom. The van der Waals surface area contributed by atoms with E-state index < -0.39 is 39.9 Å². The van der Waals surface area contributed by atoms with E-state index in [2.05, 4.69) is 9.94 Å². The number of nitrogens with zero attached hydrogens (tertiary/aromatic N) is 2. The fourth-order valence-electron chi connectivity index (χ4n) is 2.03. The third kappa shape index (κ3) is 3.33. The van der Waals surface area contributed by atoms with Crippen molar-refractivity contribution in [1.29, 1.82) is 0 Å². The van der Waals surface area contributed by atoms with Gasteiger partial charge >= 0.3 is 6.18 Å². The van der Waals surface area contributed by atoms with E-state index >= 15 is 0 Å². The Kier molecular flexibility index (Phi) is 5.07. The van der Waals surface area contributed by atoms with Crippen LogP contribution in [0.4, 0.5) is 17.6 Å². The maximum atomic E-state index is 14.1. The minimum Gasteiger partial charge on any atom is -0.277 e. The van der Waals surface area contributed by atoms with Gasteiger partial charge in [0, 0.05) is 12.6 Å². The maximum Gasteiger partial charge on any atom is 0.434 e. The molecule has 5 nitrogen and oxygen atoms in total. The summed E-state index contributed by atoms with van der Waals surface area (Å²) in [5.74, 6) is -1.80. The van der Waals surface area contributed by atoms with Crippen LogP contribution < -0.4 is 5.48 Å². The van der Waals surface area contributed by atoms with Gasteiger partial charge in [-0.1, -0.05) is 23.2 Å². The first-order valence-electron chi connectivity index (χ1n) is 6.20. The number of hydrogen-bond donors (Lipinski definition) is 1. The molecule has 1 amide bonds. The minimum absolute atomic E-state index is 0.217. The van der Waals surface area contributed by atoms with Gasteiger partial charge in [-0.2, -0.15) is 18.3 Å². The number of aromatic nitrogens is 2. The first-order chi connectivity index (χ1) is 11.1. The number of nitrogens with one attached hydrogen (secondary N) is 1. The summed E-state index contributed by atoms with van der Waals surface area (Å²) in [5, 5.41) is 2.56. The highest BCUT2D eigenvalue weighted by Gasteiger charge is 2.39. The second-order valence-corrected chi connectivity index (χ2v) is 5.36.